The van der Waals surface area contributed by atoms with Crippen LogP contribution in [0.1, 0.15) is 16.7 Å². The topological polar surface area (TPSA) is 129 Å². The molecule has 3 aromatic rings. The summed E-state index contributed by atoms with van der Waals surface area (Å²) in [6, 6.07) is 20.0. The number of nitrogens with one attached hydrogen (secondary N) is 1. The Labute approximate surface area is 216 Å². The van der Waals surface area contributed by atoms with E-state index < -0.39 is 10.8 Å². The van der Waals surface area contributed by atoms with Crippen molar-refractivity contribution in [3.63, 3.8) is 0 Å². The van der Waals surface area contributed by atoms with Gasteiger partial charge in [0.25, 0.3) is 11.6 Å². The molecule has 0 heterocycles. The van der Waals surface area contributed by atoms with Crippen LogP contribution < -0.4 is 10.1 Å². The number of nitriles is 2. The molecule has 0 fully saturated rings. The summed E-state index contributed by atoms with van der Waals surface area (Å²) in [4.78, 5) is 22.9. The van der Waals surface area contributed by atoms with Gasteiger partial charge in [0.2, 0.25) is 0 Å². The summed E-state index contributed by atoms with van der Waals surface area (Å²) >= 11 is 5.54. The predicted molar refractivity (Wildman–Crippen MR) is 138 cm³/mol. The maximum atomic E-state index is 12.5. The molecule has 3 rings (SSSR count). The van der Waals surface area contributed by atoms with E-state index in [1.807, 2.05) is 18.2 Å². The number of nitro groups is 1. The molecule has 0 spiro atoms. The number of rotatable bonds is 7. The van der Waals surface area contributed by atoms with Crippen molar-refractivity contribution >= 4 is 61.9 Å². The van der Waals surface area contributed by atoms with Crippen LogP contribution in [0, 0.1) is 36.3 Å². The first-order chi connectivity index (χ1) is 16.3. The highest BCUT2D eigenvalue weighted by molar-refractivity contribution is 14.1. The fourth-order valence-electron chi connectivity index (χ4n) is 2.92. The predicted octanol–water partition coefficient (Wildman–Crippen LogP) is 5.96. The summed E-state index contributed by atoms with van der Waals surface area (Å²) in [5, 5.41) is 32.1. The van der Waals surface area contributed by atoms with Crippen molar-refractivity contribution < 1.29 is 14.5 Å². The van der Waals surface area contributed by atoms with E-state index in [2.05, 4.69) is 49.9 Å². The number of carbonyl (C=O) groups is 1. The number of anilines is 1. The van der Waals surface area contributed by atoms with Crippen LogP contribution in [0.4, 0.5) is 11.4 Å². The third-order valence-corrected chi connectivity index (χ3v) is 5.91. The van der Waals surface area contributed by atoms with Gasteiger partial charge < -0.3 is 10.1 Å². The van der Waals surface area contributed by atoms with Gasteiger partial charge in [0, 0.05) is 23.4 Å². The molecule has 10 heteroatoms. The van der Waals surface area contributed by atoms with Crippen LogP contribution >= 0.6 is 38.5 Å². The molecular weight excluding hydrogens is 615 g/mol. The quantitative estimate of drug-likeness (QED) is 0.113. The third kappa shape index (κ3) is 6.19. The van der Waals surface area contributed by atoms with Gasteiger partial charge in [0.05, 0.1) is 24.6 Å². The van der Waals surface area contributed by atoms with Crippen molar-refractivity contribution in [3.05, 3.63) is 101 Å². The summed E-state index contributed by atoms with van der Waals surface area (Å²) < 4.78 is 7.25. The zero-order valence-corrected chi connectivity index (χ0v) is 21.0. The number of nitrogens with zero attached hydrogens (tertiary/aromatic N) is 3. The zero-order valence-electron chi connectivity index (χ0n) is 17.3. The second-order valence-corrected chi connectivity index (χ2v) is 8.82. The maximum absolute atomic E-state index is 12.5. The third-order valence-electron chi connectivity index (χ3n) is 4.52. The highest BCUT2D eigenvalue weighted by atomic mass is 127. The summed E-state index contributed by atoms with van der Waals surface area (Å²) in [7, 11) is 0. The molecule has 8 nitrogen and oxygen atoms in total. The molecule has 0 radical (unpaired) electrons. The van der Waals surface area contributed by atoms with E-state index in [1.54, 1.807) is 24.3 Å². The first kappa shape index (κ1) is 24.9. The lowest BCUT2D eigenvalue weighted by Crippen LogP contribution is -2.13. The monoisotopic (exact) mass is 628 g/mol. The largest absolute Gasteiger partial charge is 0.487 e. The van der Waals surface area contributed by atoms with E-state index in [0.29, 0.717) is 21.3 Å². The number of halogens is 2. The average molecular weight is 629 g/mol. The Morgan fingerprint density at radius 2 is 1.94 bits per heavy atom. The summed E-state index contributed by atoms with van der Waals surface area (Å²) in [6.07, 6.45) is 1.41. The number of non-ortho nitro benzene ring substituents is 1. The molecule has 0 saturated carbocycles. The number of carbonyl (C=O) groups excluding carboxylic acids is 1. The molecule has 3 aromatic carbocycles. The van der Waals surface area contributed by atoms with E-state index >= 15 is 0 Å². The maximum Gasteiger partial charge on any atom is 0.271 e. The second kappa shape index (κ2) is 11.4. The molecule has 0 aliphatic rings. The highest BCUT2D eigenvalue weighted by Gasteiger charge is 2.14. The van der Waals surface area contributed by atoms with Gasteiger partial charge in [-0.25, -0.2) is 0 Å². The minimum absolute atomic E-state index is 0.174. The molecule has 0 atom stereocenters. The molecule has 0 saturated heterocycles. The van der Waals surface area contributed by atoms with Crippen molar-refractivity contribution in [2.75, 3.05) is 5.32 Å². The Balaban J connectivity index is 1.79. The van der Waals surface area contributed by atoms with Crippen molar-refractivity contribution in [1.29, 1.82) is 10.5 Å². The van der Waals surface area contributed by atoms with Crippen molar-refractivity contribution in [2.45, 2.75) is 6.61 Å². The van der Waals surface area contributed by atoms with Crippen LogP contribution in [0.15, 0.2) is 70.7 Å². The van der Waals surface area contributed by atoms with Crippen LogP contribution in [0.2, 0.25) is 0 Å². The fraction of sp³-hybridized carbons (Fsp3) is 0.0417. The minimum Gasteiger partial charge on any atom is -0.487 e. The second-order valence-electron chi connectivity index (χ2n) is 6.80. The molecule has 0 bridgehead atoms. The summed E-state index contributed by atoms with van der Waals surface area (Å²) in [5.74, 6) is -0.132. The number of amides is 1. The molecule has 0 aliphatic carbocycles. The van der Waals surface area contributed by atoms with Gasteiger partial charge >= 0.3 is 0 Å². The van der Waals surface area contributed by atoms with Gasteiger partial charge in [-0.15, -0.1) is 0 Å². The van der Waals surface area contributed by atoms with E-state index in [0.717, 1.165) is 9.13 Å². The number of ether oxygens (including phenoxy) is 1. The Hall–Kier alpha value is -3.74. The van der Waals surface area contributed by atoms with Crippen LogP contribution in [0.3, 0.4) is 0 Å². The van der Waals surface area contributed by atoms with Crippen molar-refractivity contribution in [1.82, 2.24) is 0 Å². The summed E-state index contributed by atoms with van der Waals surface area (Å²) in [6.45, 7) is 0.197. The summed E-state index contributed by atoms with van der Waals surface area (Å²) in [5.41, 5.74) is 1.71. The SMILES string of the molecule is N#C/C(=C\c1cc(Br)c(OCc2ccccc2C#N)c(I)c1)C(=O)Nc1cccc([N+](=O)[O-])c1. The number of hydrogen-bond donors (Lipinski definition) is 1. The van der Waals surface area contributed by atoms with E-state index in [9.17, 15) is 25.4 Å². The lowest BCUT2D eigenvalue weighted by Gasteiger charge is -2.12. The number of hydrogen-bond acceptors (Lipinski definition) is 6. The van der Waals surface area contributed by atoms with Gasteiger partial charge in [-0.3, -0.25) is 14.9 Å². The van der Waals surface area contributed by atoms with E-state index in [-0.39, 0.29) is 23.6 Å². The van der Waals surface area contributed by atoms with Crippen molar-refractivity contribution in [3.8, 4) is 17.9 Å². The van der Waals surface area contributed by atoms with Gasteiger partial charge in [0.1, 0.15) is 24.0 Å². The van der Waals surface area contributed by atoms with Crippen LogP contribution in [0.5, 0.6) is 5.75 Å². The van der Waals surface area contributed by atoms with Crippen molar-refractivity contribution in [2.24, 2.45) is 0 Å². The van der Waals surface area contributed by atoms with E-state index in [1.165, 1.54) is 30.3 Å². The molecule has 0 aliphatic heterocycles. The Morgan fingerprint density at radius 1 is 1.18 bits per heavy atom. The van der Waals surface area contributed by atoms with Crippen LogP contribution in [0.25, 0.3) is 6.08 Å². The average Bonchev–Trinajstić information content (AvgIpc) is 2.82. The smallest absolute Gasteiger partial charge is 0.271 e. The number of benzene rings is 3. The van der Waals surface area contributed by atoms with E-state index in [4.69, 9.17) is 4.74 Å². The minimum atomic E-state index is -0.692. The lowest BCUT2D eigenvalue weighted by atomic mass is 10.1. The first-order valence-corrected chi connectivity index (χ1v) is 11.5. The molecule has 34 heavy (non-hydrogen) atoms. The van der Waals surface area contributed by atoms with Gasteiger partial charge in [0.15, 0.2) is 0 Å². The standard InChI is InChI=1S/C24H14BrIN4O4/c25-21-9-15(10-22(26)23(21)34-14-17-5-2-1-4-16(17)12-27)8-18(13-28)24(31)29-19-6-3-7-20(11-19)30(32)33/h1-11H,14H2,(H,29,31)/b18-8+. The molecular formula is C24H14BrIN4O4. The Bertz CT molecular complexity index is 1370. The van der Waals surface area contributed by atoms with Crippen LogP contribution in [-0.4, -0.2) is 10.8 Å². The molecule has 168 valence electrons. The molecule has 0 aromatic heterocycles. The highest BCUT2D eigenvalue weighted by Crippen LogP contribution is 2.33. The van der Waals surface area contributed by atoms with Gasteiger partial charge in [-0.2, -0.15) is 10.5 Å². The lowest BCUT2D eigenvalue weighted by molar-refractivity contribution is -0.384. The fourth-order valence-corrected chi connectivity index (χ4v) is 4.69. The van der Waals surface area contributed by atoms with Gasteiger partial charge in [-0.1, -0.05) is 24.3 Å². The Morgan fingerprint density at radius 3 is 2.62 bits per heavy atom. The normalized spacial score (nSPS) is 10.6. The first-order valence-electron chi connectivity index (χ1n) is 9.60. The molecule has 1 amide bonds. The zero-order chi connectivity index (χ0) is 24.7. The Kier molecular flexibility index (Phi) is 8.35. The molecule has 0 unspecified atom stereocenters. The van der Waals surface area contributed by atoms with Gasteiger partial charge in [-0.05, 0) is 74.4 Å². The van der Waals surface area contributed by atoms with Crippen LogP contribution in [-0.2, 0) is 11.4 Å². The molecule has 1 N–H and O–H groups in total. The number of nitro benzene ring substituents is 1.